The van der Waals surface area contributed by atoms with Crippen molar-refractivity contribution in [3.8, 4) is 5.75 Å². The summed E-state index contributed by atoms with van der Waals surface area (Å²) < 4.78 is 23.3. The van der Waals surface area contributed by atoms with Crippen molar-refractivity contribution in [3.63, 3.8) is 0 Å². The molecule has 0 bridgehead atoms. The SMILES string of the molecule is COc1cccc(N)c1C(=O)OCc1ccc(F)c(Cl)c1. The third kappa shape index (κ3) is 3.44. The van der Waals surface area contributed by atoms with Crippen molar-refractivity contribution in [1.29, 1.82) is 0 Å². The second-order valence-corrected chi connectivity index (χ2v) is 4.66. The van der Waals surface area contributed by atoms with E-state index in [1.807, 2.05) is 0 Å². The van der Waals surface area contributed by atoms with E-state index in [0.717, 1.165) is 0 Å². The van der Waals surface area contributed by atoms with Gasteiger partial charge in [0, 0.05) is 5.69 Å². The Morgan fingerprint density at radius 3 is 2.76 bits per heavy atom. The van der Waals surface area contributed by atoms with Crippen LogP contribution >= 0.6 is 11.6 Å². The third-order valence-corrected chi connectivity index (χ3v) is 3.13. The maximum absolute atomic E-state index is 13.0. The van der Waals surface area contributed by atoms with Gasteiger partial charge in [0.15, 0.2) is 0 Å². The molecule has 0 atom stereocenters. The molecule has 2 aromatic carbocycles. The molecule has 21 heavy (non-hydrogen) atoms. The van der Waals surface area contributed by atoms with Crippen LogP contribution in [0.2, 0.25) is 5.02 Å². The molecule has 0 unspecified atom stereocenters. The van der Waals surface area contributed by atoms with Gasteiger partial charge in [0.05, 0.1) is 12.1 Å². The summed E-state index contributed by atoms with van der Waals surface area (Å²) in [5.74, 6) is -0.816. The first-order valence-electron chi connectivity index (χ1n) is 6.06. The number of benzene rings is 2. The van der Waals surface area contributed by atoms with Crippen LogP contribution in [-0.2, 0) is 11.3 Å². The summed E-state index contributed by atoms with van der Waals surface area (Å²) in [5, 5.41) is -0.0274. The number of methoxy groups -OCH3 is 1. The van der Waals surface area contributed by atoms with Crippen LogP contribution in [0.1, 0.15) is 15.9 Å². The van der Waals surface area contributed by atoms with Gasteiger partial charge < -0.3 is 15.2 Å². The van der Waals surface area contributed by atoms with Gasteiger partial charge in [0.2, 0.25) is 0 Å². The predicted octanol–water partition coefficient (Wildman–Crippen LogP) is 3.43. The smallest absolute Gasteiger partial charge is 0.344 e. The first-order chi connectivity index (χ1) is 10.0. The Bertz CT molecular complexity index is 676. The lowest BCUT2D eigenvalue weighted by molar-refractivity contribution is 0.0470. The van der Waals surface area contributed by atoms with Crippen LogP contribution in [-0.4, -0.2) is 13.1 Å². The molecule has 0 aliphatic rings. The Morgan fingerprint density at radius 2 is 2.10 bits per heavy atom. The van der Waals surface area contributed by atoms with Gasteiger partial charge >= 0.3 is 5.97 Å². The normalized spacial score (nSPS) is 10.2. The van der Waals surface area contributed by atoms with E-state index in [0.29, 0.717) is 11.3 Å². The highest BCUT2D eigenvalue weighted by Crippen LogP contribution is 2.25. The lowest BCUT2D eigenvalue weighted by Gasteiger charge is -2.11. The summed E-state index contributed by atoms with van der Waals surface area (Å²) in [4.78, 5) is 12.1. The van der Waals surface area contributed by atoms with Gasteiger partial charge in [-0.05, 0) is 29.8 Å². The van der Waals surface area contributed by atoms with E-state index >= 15 is 0 Å². The topological polar surface area (TPSA) is 61.5 Å². The minimum Gasteiger partial charge on any atom is -0.496 e. The van der Waals surface area contributed by atoms with E-state index in [1.54, 1.807) is 18.2 Å². The number of esters is 1. The molecule has 2 N–H and O–H groups in total. The lowest BCUT2D eigenvalue weighted by atomic mass is 10.1. The second-order valence-electron chi connectivity index (χ2n) is 4.25. The fraction of sp³-hybridized carbons (Fsp3) is 0.133. The molecule has 0 radical (unpaired) electrons. The molecule has 0 saturated carbocycles. The maximum Gasteiger partial charge on any atom is 0.344 e. The predicted molar refractivity (Wildman–Crippen MR) is 77.9 cm³/mol. The zero-order valence-electron chi connectivity index (χ0n) is 11.2. The number of hydrogen-bond acceptors (Lipinski definition) is 4. The molecule has 0 heterocycles. The molecule has 0 spiro atoms. The molecule has 0 saturated heterocycles. The van der Waals surface area contributed by atoms with Gasteiger partial charge in [-0.2, -0.15) is 0 Å². The molecule has 0 fully saturated rings. The average Bonchev–Trinajstić information content (AvgIpc) is 2.47. The van der Waals surface area contributed by atoms with Gasteiger partial charge in [0.25, 0.3) is 0 Å². The number of ether oxygens (including phenoxy) is 2. The molecule has 4 nitrogen and oxygen atoms in total. The molecule has 2 rings (SSSR count). The van der Waals surface area contributed by atoms with Crippen molar-refractivity contribution in [1.82, 2.24) is 0 Å². The van der Waals surface area contributed by atoms with E-state index in [-0.39, 0.29) is 22.9 Å². The number of hydrogen-bond donors (Lipinski definition) is 1. The van der Waals surface area contributed by atoms with Crippen molar-refractivity contribution in [2.75, 3.05) is 12.8 Å². The van der Waals surface area contributed by atoms with Crippen LogP contribution in [0.3, 0.4) is 0 Å². The van der Waals surface area contributed by atoms with E-state index in [2.05, 4.69) is 0 Å². The minimum absolute atomic E-state index is 0.0274. The summed E-state index contributed by atoms with van der Waals surface area (Å²) in [6, 6.07) is 8.96. The Kier molecular flexibility index (Phi) is 4.65. The number of nitrogen functional groups attached to an aromatic ring is 1. The van der Waals surface area contributed by atoms with Crippen molar-refractivity contribution in [2.45, 2.75) is 6.61 Å². The molecular formula is C15H13ClFNO3. The molecule has 0 amide bonds. The average molecular weight is 310 g/mol. The van der Waals surface area contributed by atoms with Crippen LogP contribution in [0, 0.1) is 5.82 Å². The Labute approximate surface area is 126 Å². The number of anilines is 1. The molecule has 0 aliphatic carbocycles. The van der Waals surface area contributed by atoms with Gasteiger partial charge in [-0.1, -0.05) is 23.7 Å². The Balaban J connectivity index is 2.13. The molecule has 2 aromatic rings. The molecule has 6 heteroatoms. The summed E-state index contributed by atoms with van der Waals surface area (Å²) in [6.07, 6.45) is 0. The highest BCUT2D eigenvalue weighted by Gasteiger charge is 2.17. The standard InChI is InChI=1S/C15H13ClFNO3/c1-20-13-4-2-3-12(18)14(13)15(19)21-8-9-5-6-11(17)10(16)7-9/h2-7H,8,18H2,1H3. The van der Waals surface area contributed by atoms with Gasteiger partial charge in [-0.3, -0.25) is 0 Å². The maximum atomic E-state index is 13.0. The molecule has 0 aliphatic heterocycles. The first kappa shape index (κ1) is 15.1. The number of halogens is 2. The highest BCUT2D eigenvalue weighted by molar-refractivity contribution is 6.30. The van der Waals surface area contributed by atoms with Crippen LogP contribution in [0.5, 0.6) is 5.75 Å². The lowest BCUT2D eigenvalue weighted by Crippen LogP contribution is -2.10. The number of carbonyl (C=O) groups excluding carboxylic acids is 1. The van der Waals surface area contributed by atoms with Crippen molar-refractivity contribution in [3.05, 3.63) is 58.4 Å². The highest BCUT2D eigenvalue weighted by atomic mass is 35.5. The van der Waals surface area contributed by atoms with E-state index in [4.69, 9.17) is 26.8 Å². The zero-order valence-corrected chi connectivity index (χ0v) is 12.0. The van der Waals surface area contributed by atoms with Crippen molar-refractivity contribution < 1.29 is 18.7 Å². The van der Waals surface area contributed by atoms with Gasteiger partial charge in [-0.25, -0.2) is 9.18 Å². The van der Waals surface area contributed by atoms with Crippen molar-refractivity contribution in [2.24, 2.45) is 0 Å². The number of rotatable bonds is 4. The Hall–Kier alpha value is -2.27. The number of nitrogens with two attached hydrogens (primary N) is 1. The monoisotopic (exact) mass is 309 g/mol. The van der Waals surface area contributed by atoms with Crippen LogP contribution < -0.4 is 10.5 Å². The van der Waals surface area contributed by atoms with Gasteiger partial charge in [0.1, 0.15) is 23.7 Å². The first-order valence-corrected chi connectivity index (χ1v) is 6.44. The summed E-state index contributed by atoms with van der Waals surface area (Å²) >= 11 is 5.66. The second kappa shape index (κ2) is 6.45. The molecule has 110 valence electrons. The summed E-state index contributed by atoms with van der Waals surface area (Å²) in [5.41, 5.74) is 6.75. The van der Waals surface area contributed by atoms with E-state index < -0.39 is 11.8 Å². The van der Waals surface area contributed by atoms with Crippen LogP contribution in [0.15, 0.2) is 36.4 Å². The number of carbonyl (C=O) groups is 1. The quantitative estimate of drug-likeness (QED) is 0.694. The van der Waals surface area contributed by atoms with E-state index in [9.17, 15) is 9.18 Å². The van der Waals surface area contributed by atoms with Crippen LogP contribution in [0.4, 0.5) is 10.1 Å². The third-order valence-electron chi connectivity index (χ3n) is 2.84. The fourth-order valence-corrected chi connectivity index (χ4v) is 1.99. The Morgan fingerprint density at radius 1 is 1.33 bits per heavy atom. The molecule has 0 aromatic heterocycles. The fourth-order valence-electron chi connectivity index (χ4n) is 1.79. The van der Waals surface area contributed by atoms with E-state index in [1.165, 1.54) is 25.3 Å². The van der Waals surface area contributed by atoms with Crippen LogP contribution in [0.25, 0.3) is 0 Å². The summed E-state index contributed by atoms with van der Waals surface area (Å²) in [6.45, 7) is -0.0453. The molecular weight excluding hydrogens is 297 g/mol. The van der Waals surface area contributed by atoms with Crippen molar-refractivity contribution >= 4 is 23.3 Å². The zero-order chi connectivity index (χ0) is 15.4. The summed E-state index contributed by atoms with van der Waals surface area (Å²) in [7, 11) is 1.44. The van der Waals surface area contributed by atoms with Gasteiger partial charge in [-0.15, -0.1) is 0 Å². The largest absolute Gasteiger partial charge is 0.496 e. The minimum atomic E-state index is -0.620.